The Morgan fingerprint density at radius 1 is 1.20 bits per heavy atom. The fourth-order valence-electron chi connectivity index (χ4n) is 3.91. The normalized spacial score (nSPS) is 34.5. The highest BCUT2D eigenvalue weighted by Crippen LogP contribution is 2.38. The molecule has 20 heavy (non-hydrogen) atoms. The van der Waals surface area contributed by atoms with Gasteiger partial charge in [0.15, 0.2) is 5.82 Å². The van der Waals surface area contributed by atoms with Gasteiger partial charge in [0, 0.05) is 18.4 Å². The van der Waals surface area contributed by atoms with Gasteiger partial charge in [-0.2, -0.15) is 4.98 Å². The van der Waals surface area contributed by atoms with E-state index in [0.29, 0.717) is 17.9 Å². The lowest BCUT2D eigenvalue weighted by Gasteiger charge is -2.27. The molecule has 0 radical (unpaired) electrons. The van der Waals surface area contributed by atoms with Crippen molar-refractivity contribution >= 4 is 0 Å². The molecule has 1 heterocycles. The van der Waals surface area contributed by atoms with Crippen molar-refractivity contribution in [1.82, 2.24) is 10.1 Å². The van der Waals surface area contributed by atoms with Crippen molar-refractivity contribution in [3.63, 3.8) is 0 Å². The van der Waals surface area contributed by atoms with Gasteiger partial charge in [-0.05, 0) is 43.9 Å². The van der Waals surface area contributed by atoms with E-state index in [-0.39, 0.29) is 0 Å². The Morgan fingerprint density at radius 3 is 2.80 bits per heavy atom. The second-order valence-corrected chi connectivity index (χ2v) is 6.74. The molecule has 112 valence electrons. The Bertz CT molecular complexity index is 431. The molecule has 4 nitrogen and oxygen atoms in total. The fourth-order valence-corrected chi connectivity index (χ4v) is 3.91. The summed E-state index contributed by atoms with van der Waals surface area (Å²) < 4.78 is 5.48. The minimum Gasteiger partial charge on any atom is -0.339 e. The maximum absolute atomic E-state index is 6.20. The molecule has 3 rings (SSSR count). The van der Waals surface area contributed by atoms with E-state index in [4.69, 9.17) is 10.3 Å². The van der Waals surface area contributed by atoms with Crippen LogP contribution in [-0.4, -0.2) is 16.2 Å². The number of hydrogen-bond acceptors (Lipinski definition) is 4. The van der Waals surface area contributed by atoms with Crippen LogP contribution in [0.5, 0.6) is 0 Å². The average molecular weight is 277 g/mol. The van der Waals surface area contributed by atoms with Gasteiger partial charge in [0.1, 0.15) is 0 Å². The summed E-state index contributed by atoms with van der Waals surface area (Å²) in [4.78, 5) is 4.66. The van der Waals surface area contributed by atoms with Crippen LogP contribution in [0.4, 0.5) is 0 Å². The zero-order chi connectivity index (χ0) is 13.9. The Labute approximate surface area is 121 Å². The summed E-state index contributed by atoms with van der Waals surface area (Å²) in [5, 5.41) is 4.23. The van der Waals surface area contributed by atoms with Gasteiger partial charge in [-0.15, -0.1) is 0 Å². The van der Waals surface area contributed by atoms with Gasteiger partial charge in [0.05, 0.1) is 0 Å². The molecule has 1 aromatic heterocycles. The summed E-state index contributed by atoms with van der Waals surface area (Å²) >= 11 is 0. The Kier molecular flexibility index (Phi) is 4.39. The van der Waals surface area contributed by atoms with E-state index in [0.717, 1.165) is 30.5 Å². The molecular weight excluding hydrogens is 250 g/mol. The van der Waals surface area contributed by atoms with Crippen LogP contribution in [0.2, 0.25) is 0 Å². The van der Waals surface area contributed by atoms with Crippen LogP contribution in [0, 0.1) is 11.8 Å². The van der Waals surface area contributed by atoms with Gasteiger partial charge in [-0.25, -0.2) is 0 Å². The van der Waals surface area contributed by atoms with Gasteiger partial charge in [0.2, 0.25) is 5.89 Å². The van der Waals surface area contributed by atoms with Crippen molar-refractivity contribution in [2.45, 2.75) is 76.7 Å². The molecule has 2 N–H and O–H groups in total. The number of hydrogen-bond donors (Lipinski definition) is 1. The molecule has 0 saturated heterocycles. The van der Waals surface area contributed by atoms with E-state index < -0.39 is 0 Å². The van der Waals surface area contributed by atoms with E-state index in [2.05, 4.69) is 17.1 Å². The third-order valence-corrected chi connectivity index (χ3v) is 5.37. The predicted octanol–water partition coefficient (Wildman–Crippen LogP) is 3.42. The molecule has 2 fully saturated rings. The number of nitrogens with zero attached hydrogens (tertiary/aromatic N) is 2. The highest BCUT2D eigenvalue weighted by atomic mass is 16.5. The fraction of sp³-hybridized carbons (Fsp3) is 0.875. The molecule has 2 saturated carbocycles. The Hall–Kier alpha value is -0.900. The van der Waals surface area contributed by atoms with Crippen molar-refractivity contribution in [3.8, 4) is 0 Å². The molecule has 4 atom stereocenters. The molecule has 0 spiro atoms. The molecule has 0 amide bonds. The first-order valence-corrected chi connectivity index (χ1v) is 8.34. The molecule has 0 aromatic carbocycles. The van der Waals surface area contributed by atoms with Crippen molar-refractivity contribution < 1.29 is 4.52 Å². The molecule has 2 aliphatic rings. The topological polar surface area (TPSA) is 64.9 Å². The van der Waals surface area contributed by atoms with Crippen molar-refractivity contribution in [3.05, 3.63) is 11.7 Å². The lowest BCUT2D eigenvalue weighted by Crippen LogP contribution is -2.34. The molecule has 2 aliphatic carbocycles. The van der Waals surface area contributed by atoms with Gasteiger partial charge < -0.3 is 10.3 Å². The molecule has 0 aliphatic heterocycles. The summed E-state index contributed by atoms with van der Waals surface area (Å²) in [6.45, 7) is 2.28. The second-order valence-electron chi connectivity index (χ2n) is 6.74. The van der Waals surface area contributed by atoms with Crippen LogP contribution < -0.4 is 5.73 Å². The van der Waals surface area contributed by atoms with Gasteiger partial charge in [0.25, 0.3) is 0 Å². The van der Waals surface area contributed by atoms with Crippen molar-refractivity contribution in [2.75, 3.05) is 0 Å². The zero-order valence-electron chi connectivity index (χ0n) is 12.6. The minimum atomic E-state index is 0.315. The summed E-state index contributed by atoms with van der Waals surface area (Å²) in [5.74, 6) is 3.66. The molecular formula is C16H27N3O. The Morgan fingerprint density at radius 2 is 2.05 bits per heavy atom. The SMILES string of the molecule is CCC1CCC(c2noc(CC3CCCCC3N)n2)C1. The Balaban J connectivity index is 1.59. The van der Waals surface area contributed by atoms with E-state index >= 15 is 0 Å². The summed E-state index contributed by atoms with van der Waals surface area (Å²) in [5.41, 5.74) is 6.20. The first-order chi connectivity index (χ1) is 9.76. The van der Waals surface area contributed by atoms with Crippen LogP contribution in [0.25, 0.3) is 0 Å². The second kappa shape index (κ2) is 6.25. The third kappa shape index (κ3) is 3.05. The molecule has 4 unspecified atom stereocenters. The van der Waals surface area contributed by atoms with Crippen LogP contribution in [0.15, 0.2) is 4.52 Å². The number of rotatable bonds is 4. The number of aromatic nitrogens is 2. The van der Waals surface area contributed by atoms with Gasteiger partial charge in [-0.1, -0.05) is 31.3 Å². The predicted molar refractivity (Wildman–Crippen MR) is 78.3 cm³/mol. The molecule has 1 aromatic rings. The zero-order valence-corrected chi connectivity index (χ0v) is 12.6. The minimum absolute atomic E-state index is 0.315. The van der Waals surface area contributed by atoms with Crippen LogP contribution >= 0.6 is 0 Å². The van der Waals surface area contributed by atoms with Gasteiger partial charge in [-0.3, -0.25) is 0 Å². The van der Waals surface area contributed by atoms with Crippen LogP contribution in [-0.2, 0) is 6.42 Å². The van der Waals surface area contributed by atoms with E-state index in [1.165, 1.54) is 44.9 Å². The largest absolute Gasteiger partial charge is 0.339 e. The average Bonchev–Trinajstić information content (AvgIpc) is 3.10. The first kappa shape index (κ1) is 14.1. The lowest BCUT2D eigenvalue weighted by molar-refractivity contribution is 0.272. The maximum atomic E-state index is 6.20. The molecule has 4 heteroatoms. The van der Waals surface area contributed by atoms with E-state index in [1.54, 1.807) is 0 Å². The highest BCUT2D eigenvalue weighted by molar-refractivity contribution is 5.00. The summed E-state index contributed by atoms with van der Waals surface area (Å²) in [6.07, 6.45) is 10.8. The maximum Gasteiger partial charge on any atom is 0.226 e. The lowest BCUT2D eigenvalue weighted by atomic mass is 9.83. The van der Waals surface area contributed by atoms with Crippen molar-refractivity contribution in [2.24, 2.45) is 17.6 Å². The van der Waals surface area contributed by atoms with Crippen LogP contribution in [0.3, 0.4) is 0 Å². The number of nitrogens with two attached hydrogens (primary N) is 1. The third-order valence-electron chi connectivity index (χ3n) is 5.37. The van der Waals surface area contributed by atoms with E-state index in [1.807, 2.05) is 0 Å². The van der Waals surface area contributed by atoms with E-state index in [9.17, 15) is 0 Å². The quantitative estimate of drug-likeness (QED) is 0.915. The monoisotopic (exact) mass is 277 g/mol. The smallest absolute Gasteiger partial charge is 0.226 e. The first-order valence-electron chi connectivity index (χ1n) is 8.34. The van der Waals surface area contributed by atoms with Crippen LogP contribution in [0.1, 0.15) is 75.9 Å². The summed E-state index contributed by atoms with van der Waals surface area (Å²) in [6, 6.07) is 0.315. The standard InChI is InChI=1S/C16H27N3O/c1-2-11-7-8-13(9-11)16-18-15(20-19-16)10-12-5-3-4-6-14(12)17/h11-14H,2-10,17H2,1H3. The highest BCUT2D eigenvalue weighted by Gasteiger charge is 2.29. The van der Waals surface area contributed by atoms with Gasteiger partial charge >= 0.3 is 0 Å². The summed E-state index contributed by atoms with van der Waals surface area (Å²) in [7, 11) is 0. The van der Waals surface area contributed by atoms with Crippen molar-refractivity contribution in [1.29, 1.82) is 0 Å². The molecule has 0 bridgehead atoms.